The van der Waals surface area contributed by atoms with E-state index in [1.54, 1.807) is 31.2 Å². The zero-order valence-corrected chi connectivity index (χ0v) is 19.3. The number of nitrogens with zero attached hydrogens (tertiary/aromatic N) is 2. The highest BCUT2D eigenvalue weighted by molar-refractivity contribution is 5.81. The second-order valence-electron chi connectivity index (χ2n) is 7.92. The molecule has 0 radical (unpaired) electrons. The number of nitrogens with one attached hydrogen (secondary N) is 1. The molecule has 2 aromatic rings. The average molecular weight is 456 g/mol. The number of carbonyl (C=O) groups is 1. The van der Waals surface area contributed by atoms with Crippen molar-refractivity contribution in [3.63, 3.8) is 0 Å². The number of ether oxygens (including phenoxy) is 3. The number of likely N-dealkylation sites (tertiary alicyclic amines) is 1. The second kappa shape index (κ2) is 11.5. The molecule has 33 heavy (non-hydrogen) atoms. The maximum absolute atomic E-state index is 15.7. The first-order valence-electron chi connectivity index (χ1n) is 11.2. The van der Waals surface area contributed by atoms with E-state index in [-0.39, 0.29) is 24.0 Å². The lowest BCUT2D eigenvalue weighted by molar-refractivity contribution is -0.144. The molecule has 1 fully saturated rings. The largest absolute Gasteiger partial charge is 0.494 e. The molecule has 0 bridgehead atoms. The van der Waals surface area contributed by atoms with Gasteiger partial charge >= 0.3 is 5.97 Å². The monoisotopic (exact) mass is 455 g/mol. The van der Waals surface area contributed by atoms with Gasteiger partial charge in [-0.3, -0.25) is 0 Å². The fourth-order valence-corrected chi connectivity index (χ4v) is 3.83. The van der Waals surface area contributed by atoms with Crippen LogP contribution < -0.4 is 14.8 Å². The van der Waals surface area contributed by atoms with E-state index in [4.69, 9.17) is 19.5 Å². The summed E-state index contributed by atoms with van der Waals surface area (Å²) in [5, 5.41) is 12.1. The quantitative estimate of drug-likeness (QED) is 0.565. The second-order valence-corrected chi connectivity index (χ2v) is 7.92. The van der Waals surface area contributed by atoms with E-state index in [0.717, 1.165) is 19.4 Å². The summed E-state index contributed by atoms with van der Waals surface area (Å²) in [6.45, 7) is 5.72. The molecule has 2 unspecified atom stereocenters. The number of carbonyl (C=O) groups excluding carboxylic acids is 1. The third-order valence-electron chi connectivity index (χ3n) is 5.39. The third-order valence-corrected chi connectivity index (χ3v) is 5.39. The summed E-state index contributed by atoms with van der Waals surface area (Å²) in [5.74, 6) is -0.806. The van der Waals surface area contributed by atoms with Gasteiger partial charge < -0.3 is 24.4 Å². The van der Waals surface area contributed by atoms with E-state index in [1.165, 1.54) is 12.1 Å². The highest BCUT2D eigenvalue weighted by atomic mass is 19.1. The Hall–Kier alpha value is -3.31. The molecule has 1 aliphatic heterocycles. The van der Waals surface area contributed by atoms with Gasteiger partial charge in [-0.1, -0.05) is 0 Å². The average Bonchev–Trinajstić information content (AvgIpc) is 2.80. The maximum atomic E-state index is 15.7. The molecule has 8 heteroatoms. The van der Waals surface area contributed by atoms with Crippen LogP contribution >= 0.6 is 0 Å². The maximum Gasteiger partial charge on any atom is 0.333 e. The number of anilines is 1. The van der Waals surface area contributed by atoms with Crippen molar-refractivity contribution in [2.24, 2.45) is 0 Å². The summed E-state index contributed by atoms with van der Waals surface area (Å²) >= 11 is 0. The van der Waals surface area contributed by atoms with Gasteiger partial charge in [-0.15, -0.1) is 0 Å². The number of esters is 1. The van der Waals surface area contributed by atoms with Crippen molar-refractivity contribution in [1.29, 1.82) is 5.26 Å². The molecular weight excluding hydrogens is 425 g/mol. The van der Waals surface area contributed by atoms with Gasteiger partial charge in [0.25, 0.3) is 0 Å². The van der Waals surface area contributed by atoms with E-state index >= 15 is 4.39 Å². The minimum absolute atomic E-state index is 0.0483. The number of hydrogen-bond donors (Lipinski definition) is 1. The van der Waals surface area contributed by atoms with Crippen LogP contribution in [0.1, 0.15) is 43.9 Å². The van der Waals surface area contributed by atoms with Gasteiger partial charge in [0, 0.05) is 23.9 Å². The molecule has 1 N–H and O–H groups in total. The van der Waals surface area contributed by atoms with Crippen LogP contribution in [-0.2, 0) is 9.53 Å². The lowest BCUT2D eigenvalue weighted by Crippen LogP contribution is -2.38. The number of rotatable bonds is 9. The van der Waals surface area contributed by atoms with Crippen molar-refractivity contribution >= 4 is 11.7 Å². The van der Waals surface area contributed by atoms with Crippen LogP contribution in [0.4, 0.5) is 10.1 Å². The molecule has 1 saturated heterocycles. The zero-order valence-electron chi connectivity index (χ0n) is 19.3. The first-order valence-corrected chi connectivity index (χ1v) is 11.2. The molecule has 0 amide bonds. The molecule has 7 nitrogen and oxygen atoms in total. The van der Waals surface area contributed by atoms with Crippen LogP contribution in [0.2, 0.25) is 0 Å². The van der Waals surface area contributed by atoms with E-state index in [2.05, 4.69) is 10.2 Å². The van der Waals surface area contributed by atoms with Gasteiger partial charge in [0.15, 0.2) is 17.6 Å². The van der Waals surface area contributed by atoms with Gasteiger partial charge in [-0.2, -0.15) is 5.26 Å². The van der Waals surface area contributed by atoms with Gasteiger partial charge in [-0.25, -0.2) is 9.18 Å². The van der Waals surface area contributed by atoms with Gasteiger partial charge in [0.2, 0.25) is 0 Å². The topological polar surface area (TPSA) is 83.8 Å². The predicted molar refractivity (Wildman–Crippen MR) is 123 cm³/mol. The summed E-state index contributed by atoms with van der Waals surface area (Å²) in [6, 6.07) is 10.5. The zero-order chi connectivity index (χ0) is 23.8. The van der Waals surface area contributed by atoms with Crippen molar-refractivity contribution in [2.75, 3.05) is 38.7 Å². The Morgan fingerprint density at radius 3 is 2.67 bits per heavy atom. The van der Waals surface area contributed by atoms with Gasteiger partial charge in [-0.05, 0) is 70.6 Å². The SMILES string of the molecule is CCOC(=O)C(Nc1ccc(C#N)cc1)c1cc(OCC)cc(OC2CCCN(C)C2)c1F. The van der Waals surface area contributed by atoms with Crippen molar-refractivity contribution < 1.29 is 23.4 Å². The van der Waals surface area contributed by atoms with Crippen molar-refractivity contribution in [2.45, 2.75) is 38.8 Å². The first kappa shape index (κ1) is 24.3. The van der Waals surface area contributed by atoms with Crippen molar-refractivity contribution in [1.82, 2.24) is 4.90 Å². The van der Waals surface area contributed by atoms with E-state index in [9.17, 15) is 4.79 Å². The molecule has 0 aromatic heterocycles. The first-order chi connectivity index (χ1) is 15.9. The molecule has 2 atom stereocenters. The Kier molecular flexibility index (Phi) is 8.50. The smallest absolute Gasteiger partial charge is 0.333 e. The van der Waals surface area contributed by atoms with Gasteiger partial charge in [0.1, 0.15) is 11.9 Å². The van der Waals surface area contributed by atoms with Crippen LogP contribution in [-0.4, -0.2) is 50.3 Å². The number of piperidine rings is 1. The summed E-state index contributed by atoms with van der Waals surface area (Å²) in [7, 11) is 2.01. The van der Waals surface area contributed by atoms with Crippen LogP contribution in [0.15, 0.2) is 36.4 Å². The summed E-state index contributed by atoms with van der Waals surface area (Å²) in [4.78, 5) is 15.0. The van der Waals surface area contributed by atoms with Crippen LogP contribution in [0.5, 0.6) is 11.5 Å². The van der Waals surface area contributed by atoms with Crippen LogP contribution in [0.3, 0.4) is 0 Å². The Labute approximate surface area is 194 Å². The standard InChI is InChI=1S/C25H30FN3O4/c1-4-31-20-13-21(23(26)22(14-20)33-19-7-6-12-29(3)16-19)24(25(30)32-5-2)28-18-10-8-17(15-27)9-11-18/h8-11,13-14,19,24,28H,4-7,12,16H2,1-3H3. The summed E-state index contributed by atoms with van der Waals surface area (Å²) in [5.41, 5.74) is 1.10. The van der Waals surface area contributed by atoms with Crippen LogP contribution in [0, 0.1) is 17.1 Å². The van der Waals surface area contributed by atoms with Crippen molar-refractivity contribution in [3.8, 4) is 17.6 Å². The molecule has 176 valence electrons. The normalized spacial score (nSPS) is 17.0. The van der Waals surface area contributed by atoms with E-state index in [1.807, 2.05) is 20.0 Å². The number of benzene rings is 2. The summed E-state index contributed by atoms with van der Waals surface area (Å²) in [6.07, 6.45) is 1.63. The fourth-order valence-electron chi connectivity index (χ4n) is 3.83. The molecule has 1 heterocycles. The Bertz CT molecular complexity index is 990. The molecule has 0 aliphatic carbocycles. The van der Waals surface area contributed by atoms with Crippen molar-refractivity contribution in [3.05, 3.63) is 53.3 Å². The lowest BCUT2D eigenvalue weighted by atomic mass is 10.0. The minimum Gasteiger partial charge on any atom is -0.494 e. The Balaban J connectivity index is 1.98. The van der Waals surface area contributed by atoms with E-state index in [0.29, 0.717) is 30.2 Å². The minimum atomic E-state index is -1.13. The van der Waals surface area contributed by atoms with Gasteiger partial charge in [0.05, 0.1) is 24.8 Å². The molecule has 0 spiro atoms. The number of hydrogen-bond acceptors (Lipinski definition) is 7. The highest BCUT2D eigenvalue weighted by Gasteiger charge is 2.29. The van der Waals surface area contributed by atoms with Crippen LogP contribution in [0.25, 0.3) is 0 Å². The molecule has 0 saturated carbocycles. The highest BCUT2D eigenvalue weighted by Crippen LogP contribution is 2.35. The Morgan fingerprint density at radius 1 is 1.27 bits per heavy atom. The lowest BCUT2D eigenvalue weighted by Gasteiger charge is -2.30. The molecular formula is C25H30FN3O4. The number of likely N-dealkylation sites (N-methyl/N-ethyl adjacent to an activating group) is 1. The number of nitriles is 1. The summed E-state index contributed by atoms with van der Waals surface area (Å²) < 4.78 is 32.6. The molecule has 1 aliphatic rings. The fraction of sp³-hybridized carbons (Fsp3) is 0.440. The third kappa shape index (κ3) is 6.36. The number of halogens is 1. The predicted octanol–water partition coefficient (Wildman–Crippen LogP) is 4.29. The molecule has 3 rings (SSSR count). The molecule has 2 aromatic carbocycles. The Morgan fingerprint density at radius 2 is 2.03 bits per heavy atom. The van der Waals surface area contributed by atoms with E-state index < -0.39 is 17.8 Å².